The van der Waals surface area contributed by atoms with E-state index in [1.54, 1.807) is 25.1 Å². The Bertz CT molecular complexity index is 952. The Morgan fingerprint density at radius 3 is 2.81 bits per heavy atom. The molecule has 3 aromatic rings. The zero-order valence-electron chi connectivity index (χ0n) is 13.9. The van der Waals surface area contributed by atoms with E-state index in [9.17, 15) is 9.90 Å². The molecule has 0 amide bonds. The van der Waals surface area contributed by atoms with E-state index in [2.05, 4.69) is 31.1 Å². The third-order valence-corrected chi connectivity index (χ3v) is 4.10. The Balaban J connectivity index is 2.06. The fourth-order valence-electron chi connectivity index (χ4n) is 2.41. The molecule has 0 spiro atoms. The molecule has 0 fully saturated rings. The largest absolute Gasteiger partial charge is 0.507 e. The molecule has 2 N–H and O–H groups in total. The summed E-state index contributed by atoms with van der Waals surface area (Å²) >= 11 is 3.36. The first kappa shape index (κ1) is 17.9. The average Bonchev–Trinajstić information content (AvgIpc) is 3.07. The molecule has 0 aliphatic heterocycles. The Kier molecular flexibility index (Phi) is 5.48. The predicted molar refractivity (Wildman–Crippen MR) is 103 cm³/mol. The van der Waals surface area contributed by atoms with Crippen LogP contribution in [0.1, 0.15) is 23.0 Å². The lowest BCUT2D eigenvalue weighted by molar-refractivity contribution is 0.0520. The van der Waals surface area contributed by atoms with Crippen LogP contribution in [0.4, 0.5) is 5.82 Å². The van der Waals surface area contributed by atoms with Crippen molar-refractivity contribution >= 4 is 33.9 Å². The Hall–Kier alpha value is -2.93. The van der Waals surface area contributed by atoms with Crippen molar-refractivity contribution < 1.29 is 14.6 Å². The molecule has 0 saturated carbocycles. The van der Waals surface area contributed by atoms with Gasteiger partial charge in [0, 0.05) is 16.3 Å². The molecule has 0 saturated heterocycles. The number of halogens is 1. The minimum atomic E-state index is -0.495. The Morgan fingerprint density at radius 1 is 1.31 bits per heavy atom. The van der Waals surface area contributed by atoms with Gasteiger partial charge in [-0.2, -0.15) is 5.10 Å². The first-order valence-electron chi connectivity index (χ1n) is 7.93. The van der Waals surface area contributed by atoms with Crippen LogP contribution in [0.25, 0.3) is 11.1 Å². The summed E-state index contributed by atoms with van der Waals surface area (Å²) in [6, 6.07) is 14.4. The highest BCUT2D eigenvalue weighted by Gasteiger charge is 2.21. The number of ether oxygens (including phenoxy) is 1. The molecule has 0 aliphatic rings. The van der Waals surface area contributed by atoms with Gasteiger partial charge in [0.25, 0.3) is 0 Å². The van der Waals surface area contributed by atoms with E-state index < -0.39 is 5.97 Å². The molecule has 0 radical (unpaired) electrons. The van der Waals surface area contributed by atoms with Crippen LogP contribution in [-0.4, -0.2) is 34.1 Å². The number of aromatic amines is 1. The molecule has 0 atom stereocenters. The van der Waals surface area contributed by atoms with Crippen molar-refractivity contribution in [3.63, 3.8) is 0 Å². The van der Waals surface area contributed by atoms with E-state index in [0.29, 0.717) is 16.9 Å². The maximum atomic E-state index is 12.2. The number of benzene rings is 2. The summed E-state index contributed by atoms with van der Waals surface area (Å²) in [6.45, 7) is 2.00. The van der Waals surface area contributed by atoms with Gasteiger partial charge in [-0.15, -0.1) is 0 Å². The van der Waals surface area contributed by atoms with Gasteiger partial charge in [-0.3, -0.25) is 5.10 Å². The maximum absolute atomic E-state index is 12.2. The lowest BCUT2D eigenvalue weighted by Gasteiger charge is -2.04. The normalized spacial score (nSPS) is 11.0. The zero-order chi connectivity index (χ0) is 18.5. The average molecular weight is 414 g/mol. The molecule has 0 unspecified atom stereocenters. The van der Waals surface area contributed by atoms with Gasteiger partial charge in [0.05, 0.1) is 12.2 Å². The van der Waals surface area contributed by atoms with E-state index in [1.807, 2.05) is 30.3 Å². The van der Waals surface area contributed by atoms with Crippen LogP contribution in [0.5, 0.6) is 5.75 Å². The summed E-state index contributed by atoms with van der Waals surface area (Å²) in [6.07, 6.45) is 1.50. The van der Waals surface area contributed by atoms with Gasteiger partial charge in [-0.25, -0.2) is 9.79 Å². The lowest BCUT2D eigenvalue weighted by Crippen LogP contribution is -2.06. The van der Waals surface area contributed by atoms with Crippen molar-refractivity contribution in [3.05, 3.63) is 64.3 Å². The molecule has 1 heterocycles. The van der Waals surface area contributed by atoms with Gasteiger partial charge in [0.2, 0.25) is 0 Å². The number of esters is 1. The first-order valence-corrected chi connectivity index (χ1v) is 8.73. The smallest absolute Gasteiger partial charge is 0.357 e. The number of phenolic OH excluding ortho intramolecular Hbond substituents is 1. The van der Waals surface area contributed by atoms with Crippen molar-refractivity contribution in [1.29, 1.82) is 0 Å². The number of carbonyl (C=O) groups is 1. The molecular weight excluding hydrogens is 398 g/mol. The molecule has 2 aromatic carbocycles. The molecule has 132 valence electrons. The summed E-state index contributed by atoms with van der Waals surface area (Å²) in [5, 5.41) is 16.8. The van der Waals surface area contributed by atoms with E-state index in [0.717, 1.165) is 10.0 Å². The van der Waals surface area contributed by atoms with Gasteiger partial charge in [0.1, 0.15) is 5.75 Å². The first-order chi connectivity index (χ1) is 12.6. The van der Waals surface area contributed by atoms with Crippen molar-refractivity contribution in [2.45, 2.75) is 6.92 Å². The number of aromatic nitrogens is 2. The van der Waals surface area contributed by atoms with Crippen LogP contribution < -0.4 is 0 Å². The third-order valence-electron chi connectivity index (χ3n) is 3.60. The standard InChI is InChI=1S/C19H16BrN3O3/c1-2-26-19(25)17-16(12-6-4-3-5-7-12)18(23-22-17)21-11-13-10-14(20)8-9-15(13)24/h3-11,24H,2H2,1H3,(H,22,23). The number of aliphatic imine (C=N–C) groups is 1. The van der Waals surface area contributed by atoms with E-state index in [-0.39, 0.29) is 18.1 Å². The molecule has 6 nitrogen and oxygen atoms in total. The summed E-state index contributed by atoms with van der Waals surface area (Å²) in [7, 11) is 0. The highest BCUT2D eigenvalue weighted by Crippen LogP contribution is 2.32. The van der Waals surface area contributed by atoms with Crippen molar-refractivity contribution in [1.82, 2.24) is 10.2 Å². The molecule has 0 aliphatic carbocycles. The molecular formula is C19H16BrN3O3. The highest BCUT2D eigenvalue weighted by atomic mass is 79.9. The SMILES string of the molecule is CCOC(=O)c1[nH]nc(N=Cc2cc(Br)ccc2O)c1-c1ccccc1. The summed E-state index contributed by atoms with van der Waals surface area (Å²) in [5.41, 5.74) is 2.10. The van der Waals surface area contributed by atoms with Crippen LogP contribution in [0.2, 0.25) is 0 Å². The van der Waals surface area contributed by atoms with E-state index in [1.165, 1.54) is 6.21 Å². The summed E-state index contributed by atoms with van der Waals surface area (Å²) in [4.78, 5) is 16.6. The topological polar surface area (TPSA) is 87.6 Å². The van der Waals surface area contributed by atoms with Gasteiger partial charge < -0.3 is 9.84 Å². The molecule has 1 aromatic heterocycles. The minimum Gasteiger partial charge on any atom is -0.507 e. The van der Waals surface area contributed by atoms with Crippen molar-refractivity contribution in [3.8, 4) is 16.9 Å². The second-order valence-electron chi connectivity index (χ2n) is 5.35. The number of nitrogens with zero attached hydrogens (tertiary/aromatic N) is 2. The van der Waals surface area contributed by atoms with Gasteiger partial charge in [0.15, 0.2) is 11.5 Å². The molecule has 3 rings (SSSR count). The van der Waals surface area contributed by atoms with E-state index >= 15 is 0 Å². The fraction of sp³-hybridized carbons (Fsp3) is 0.105. The number of carbonyl (C=O) groups excluding carboxylic acids is 1. The van der Waals surface area contributed by atoms with Crippen LogP contribution in [0, 0.1) is 0 Å². The minimum absolute atomic E-state index is 0.0966. The monoisotopic (exact) mass is 413 g/mol. The molecule has 7 heteroatoms. The Morgan fingerprint density at radius 2 is 2.08 bits per heavy atom. The Labute approximate surface area is 158 Å². The molecule has 0 bridgehead atoms. The number of hydrogen-bond donors (Lipinski definition) is 2. The fourth-order valence-corrected chi connectivity index (χ4v) is 2.79. The quantitative estimate of drug-likeness (QED) is 0.476. The number of hydrogen-bond acceptors (Lipinski definition) is 5. The second-order valence-corrected chi connectivity index (χ2v) is 6.26. The number of rotatable bonds is 5. The number of H-pyrrole nitrogens is 1. The van der Waals surface area contributed by atoms with Crippen LogP contribution in [0.15, 0.2) is 58.0 Å². The van der Waals surface area contributed by atoms with Gasteiger partial charge >= 0.3 is 5.97 Å². The predicted octanol–water partition coefficient (Wildman–Crippen LogP) is 4.47. The van der Waals surface area contributed by atoms with Gasteiger partial charge in [-0.1, -0.05) is 46.3 Å². The second kappa shape index (κ2) is 7.97. The van der Waals surface area contributed by atoms with E-state index in [4.69, 9.17) is 4.74 Å². The van der Waals surface area contributed by atoms with Crippen LogP contribution in [-0.2, 0) is 4.74 Å². The van der Waals surface area contributed by atoms with Crippen molar-refractivity contribution in [2.75, 3.05) is 6.61 Å². The number of nitrogens with one attached hydrogen (secondary N) is 1. The molecule has 26 heavy (non-hydrogen) atoms. The van der Waals surface area contributed by atoms with Crippen LogP contribution in [0.3, 0.4) is 0 Å². The summed E-state index contributed by atoms with van der Waals surface area (Å²) in [5.74, 6) is -0.0661. The highest BCUT2D eigenvalue weighted by molar-refractivity contribution is 9.10. The summed E-state index contributed by atoms with van der Waals surface area (Å²) < 4.78 is 5.91. The maximum Gasteiger partial charge on any atom is 0.357 e. The zero-order valence-corrected chi connectivity index (χ0v) is 15.5. The third kappa shape index (κ3) is 3.83. The number of aromatic hydroxyl groups is 1. The van der Waals surface area contributed by atoms with Gasteiger partial charge in [-0.05, 0) is 30.7 Å². The number of phenols is 1. The van der Waals surface area contributed by atoms with Crippen LogP contribution >= 0.6 is 15.9 Å². The lowest BCUT2D eigenvalue weighted by atomic mass is 10.1. The van der Waals surface area contributed by atoms with Crippen molar-refractivity contribution in [2.24, 2.45) is 4.99 Å².